The van der Waals surface area contributed by atoms with Crippen molar-refractivity contribution in [2.24, 2.45) is 0 Å². The molecular weight excluding hydrogens is 208 g/mol. The minimum Gasteiger partial charge on any atom is -0.481 e. The number of hydrogen-bond acceptors (Lipinski definition) is 6. The Balaban J connectivity index is 1.85. The summed E-state index contributed by atoms with van der Waals surface area (Å²) in [5.74, 6) is 1.28. The molecular formula is C10H12N4O2. The molecule has 2 aromatic heterocycles. The van der Waals surface area contributed by atoms with Crippen molar-refractivity contribution in [3.63, 3.8) is 0 Å². The molecule has 0 amide bonds. The first kappa shape index (κ1) is 10.4. The zero-order chi connectivity index (χ0) is 11.2. The summed E-state index contributed by atoms with van der Waals surface area (Å²) in [6.45, 7) is 0.729. The molecule has 0 atom stereocenters. The molecule has 16 heavy (non-hydrogen) atoms. The van der Waals surface area contributed by atoms with E-state index in [4.69, 9.17) is 4.74 Å². The first-order valence-electron chi connectivity index (χ1n) is 4.87. The van der Waals surface area contributed by atoms with Gasteiger partial charge in [-0.25, -0.2) is 4.98 Å². The van der Waals surface area contributed by atoms with Crippen molar-refractivity contribution in [1.29, 1.82) is 0 Å². The molecule has 2 aromatic rings. The fourth-order valence-electron chi connectivity index (χ4n) is 1.25. The Bertz CT molecular complexity index is 430. The molecule has 0 radical (unpaired) electrons. The predicted molar refractivity (Wildman–Crippen MR) is 57.3 cm³/mol. The maximum absolute atomic E-state index is 5.02. The summed E-state index contributed by atoms with van der Waals surface area (Å²) in [4.78, 5) is 7.94. The van der Waals surface area contributed by atoms with Gasteiger partial charge in [-0.15, -0.1) is 0 Å². The summed E-state index contributed by atoms with van der Waals surface area (Å²) in [6, 6.07) is 3.70. The Kier molecular flexibility index (Phi) is 3.32. The number of ether oxygens (including phenoxy) is 1. The van der Waals surface area contributed by atoms with Gasteiger partial charge in [0.05, 0.1) is 7.11 Å². The third-order valence-electron chi connectivity index (χ3n) is 2.03. The molecule has 84 valence electrons. The van der Waals surface area contributed by atoms with E-state index in [1.54, 1.807) is 13.3 Å². The number of methoxy groups -OCH3 is 1. The summed E-state index contributed by atoms with van der Waals surface area (Å²) < 4.78 is 9.65. The van der Waals surface area contributed by atoms with E-state index in [-0.39, 0.29) is 0 Å². The van der Waals surface area contributed by atoms with Gasteiger partial charge in [0.25, 0.3) is 0 Å². The molecule has 0 aromatic carbocycles. The van der Waals surface area contributed by atoms with Crippen LogP contribution in [-0.2, 0) is 6.42 Å². The van der Waals surface area contributed by atoms with Gasteiger partial charge in [0.1, 0.15) is 0 Å². The van der Waals surface area contributed by atoms with Crippen LogP contribution in [0.15, 0.2) is 29.2 Å². The van der Waals surface area contributed by atoms with E-state index in [1.165, 1.54) is 6.39 Å². The van der Waals surface area contributed by atoms with Gasteiger partial charge in [-0.3, -0.25) is 0 Å². The van der Waals surface area contributed by atoms with Gasteiger partial charge in [-0.05, 0) is 6.07 Å². The van der Waals surface area contributed by atoms with Crippen molar-refractivity contribution in [1.82, 2.24) is 15.1 Å². The molecule has 6 heteroatoms. The molecule has 2 heterocycles. The minimum atomic E-state index is 0.588. The van der Waals surface area contributed by atoms with Crippen LogP contribution in [0.5, 0.6) is 5.88 Å². The van der Waals surface area contributed by atoms with Gasteiger partial charge >= 0.3 is 0 Å². The van der Waals surface area contributed by atoms with E-state index in [2.05, 4.69) is 25.0 Å². The molecule has 1 N–H and O–H groups in total. The molecule has 0 unspecified atom stereocenters. The van der Waals surface area contributed by atoms with Crippen molar-refractivity contribution in [3.05, 3.63) is 30.5 Å². The average molecular weight is 220 g/mol. The zero-order valence-electron chi connectivity index (χ0n) is 8.88. The lowest BCUT2D eigenvalue weighted by atomic mass is 10.3. The largest absolute Gasteiger partial charge is 0.481 e. The van der Waals surface area contributed by atoms with Crippen LogP contribution in [0.2, 0.25) is 0 Å². The number of pyridine rings is 1. The van der Waals surface area contributed by atoms with Crippen molar-refractivity contribution in [2.45, 2.75) is 6.42 Å². The molecule has 2 rings (SSSR count). The number of anilines is 1. The molecule has 0 spiro atoms. The minimum absolute atomic E-state index is 0.588. The normalized spacial score (nSPS) is 10.1. The van der Waals surface area contributed by atoms with Crippen LogP contribution in [0.4, 0.5) is 5.69 Å². The Morgan fingerprint density at radius 1 is 1.44 bits per heavy atom. The Labute approximate surface area is 92.7 Å². The second-order valence-corrected chi connectivity index (χ2v) is 3.11. The fraction of sp³-hybridized carbons (Fsp3) is 0.300. The lowest BCUT2D eigenvalue weighted by molar-refractivity contribution is 0.398. The maximum atomic E-state index is 5.02. The van der Waals surface area contributed by atoms with E-state index >= 15 is 0 Å². The molecule has 0 aliphatic heterocycles. The number of rotatable bonds is 5. The highest BCUT2D eigenvalue weighted by atomic mass is 16.5. The maximum Gasteiger partial charge on any atom is 0.214 e. The van der Waals surface area contributed by atoms with E-state index in [0.29, 0.717) is 18.1 Å². The molecule has 0 saturated heterocycles. The van der Waals surface area contributed by atoms with Gasteiger partial charge in [0, 0.05) is 30.9 Å². The first-order valence-corrected chi connectivity index (χ1v) is 4.87. The summed E-state index contributed by atoms with van der Waals surface area (Å²) in [5, 5.41) is 6.93. The Hall–Kier alpha value is -2.11. The molecule has 0 bridgehead atoms. The van der Waals surface area contributed by atoms with Crippen LogP contribution in [0.25, 0.3) is 0 Å². The second kappa shape index (κ2) is 5.11. The Morgan fingerprint density at radius 2 is 2.38 bits per heavy atom. The van der Waals surface area contributed by atoms with Crippen LogP contribution in [0.3, 0.4) is 0 Å². The number of nitrogens with one attached hydrogen (secondary N) is 1. The van der Waals surface area contributed by atoms with Gasteiger partial charge in [-0.1, -0.05) is 5.16 Å². The SMILES string of the molecule is COc1cc(NCCc2ncon2)ccn1. The van der Waals surface area contributed by atoms with Crippen LogP contribution in [0, 0.1) is 0 Å². The number of nitrogens with zero attached hydrogens (tertiary/aromatic N) is 3. The monoisotopic (exact) mass is 220 g/mol. The third kappa shape index (κ3) is 2.69. The highest BCUT2D eigenvalue weighted by molar-refractivity contribution is 5.44. The molecule has 0 aliphatic carbocycles. The van der Waals surface area contributed by atoms with E-state index in [9.17, 15) is 0 Å². The lowest BCUT2D eigenvalue weighted by Gasteiger charge is -2.05. The molecule has 0 fully saturated rings. The van der Waals surface area contributed by atoms with E-state index in [1.807, 2.05) is 12.1 Å². The van der Waals surface area contributed by atoms with Crippen LogP contribution < -0.4 is 10.1 Å². The van der Waals surface area contributed by atoms with Gasteiger partial charge in [0.15, 0.2) is 5.82 Å². The predicted octanol–water partition coefficient (Wildman–Crippen LogP) is 1.13. The summed E-state index contributed by atoms with van der Waals surface area (Å²) in [5.41, 5.74) is 0.954. The highest BCUT2D eigenvalue weighted by Crippen LogP contribution is 2.12. The van der Waals surface area contributed by atoms with Crippen LogP contribution in [-0.4, -0.2) is 28.8 Å². The molecule has 0 saturated carbocycles. The van der Waals surface area contributed by atoms with Crippen LogP contribution >= 0.6 is 0 Å². The lowest BCUT2D eigenvalue weighted by Crippen LogP contribution is -2.06. The zero-order valence-corrected chi connectivity index (χ0v) is 8.88. The summed E-state index contributed by atoms with van der Waals surface area (Å²) in [6.07, 6.45) is 3.72. The standard InChI is InChI=1S/C10H12N4O2/c1-15-10-6-8(2-4-12-10)11-5-3-9-13-7-16-14-9/h2,4,6-7H,3,5H2,1H3,(H,11,12). The molecule has 6 nitrogen and oxygen atoms in total. The van der Waals surface area contributed by atoms with Gasteiger partial charge in [0.2, 0.25) is 12.3 Å². The molecule has 0 aliphatic rings. The number of aromatic nitrogens is 3. The summed E-state index contributed by atoms with van der Waals surface area (Å²) in [7, 11) is 1.59. The van der Waals surface area contributed by atoms with Crippen LogP contribution in [0.1, 0.15) is 5.82 Å². The summed E-state index contributed by atoms with van der Waals surface area (Å²) >= 11 is 0. The van der Waals surface area contributed by atoms with Gasteiger partial charge < -0.3 is 14.6 Å². The first-order chi connectivity index (χ1) is 7.88. The topological polar surface area (TPSA) is 73.1 Å². The number of hydrogen-bond donors (Lipinski definition) is 1. The highest BCUT2D eigenvalue weighted by Gasteiger charge is 1.99. The quantitative estimate of drug-likeness (QED) is 0.814. The Morgan fingerprint density at radius 3 is 3.12 bits per heavy atom. The van der Waals surface area contributed by atoms with Crippen molar-refractivity contribution in [2.75, 3.05) is 19.0 Å². The average Bonchev–Trinajstić information content (AvgIpc) is 2.82. The third-order valence-corrected chi connectivity index (χ3v) is 2.03. The van der Waals surface area contributed by atoms with Gasteiger partial charge in [-0.2, -0.15) is 4.98 Å². The fourth-order valence-corrected chi connectivity index (χ4v) is 1.25. The van der Waals surface area contributed by atoms with E-state index in [0.717, 1.165) is 12.2 Å². The smallest absolute Gasteiger partial charge is 0.214 e. The van der Waals surface area contributed by atoms with Crippen molar-refractivity contribution < 1.29 is 9.26 Å². The second-order valence-electron chi connectivity index (χ2n) is 3.11. The van der Waals surface area contributed by atoms with Crippen molar-refractivity contribution in [3.8, 4) is 5.88 Å². The van der Waals surface area contributed by atoms with Crippen molar-refractivity contribution >= 4 is 5.69 Å². The van der Waals surface area contributed by atoms with E-state index < -0.39 is 0 Å².